The van der Waals surface area contributed by atoms with Gasteiger partial charge in [-0.05, 0) is 82.9 Å². The number of amides is 1. The van der Waals surface area contributed by atoms with Crippen molar-refractivity contribution in [3.63, 3.8) is 0 Å². The van der Waals surface area contributed by atoms with Crippen LogP contribution in [0.5, 0.6) is 5.75 Å². The number of allylic oxidation sites excluding steroid dienone is 1. The molecule has 2 heterocycles. The summed E-state index contributed by atoms with van der Waals surface area (Å²) >= 11 is 1.72. The lowest BCUT2D eigenvalue weighted by molar-refractivity contribution is 0.0535. The molecule has 1 aliphatic carbocycles. The summed E-state index contributed by atoms with van der Waals surface area (Å²) < 4.78 is 13.3. The number of nitrogens with zero attached hydrogens (tertiary/aromatic N) is 4. The average Bonchev–Trinajstić information content (AvgIpc) is 3.28. The highest BCUT2D eigenvalue weighted by atomic mass is 32.2. The highest BCUT2D eigenvalue weighted by molar-refractivity contribution is 7.99. The second-order valence-corrected chi connectivity index (χ2v) is 11.1. The summed E-state index contributed by atoms with van der Waals surface area (Å²) in [6.45, 7) is 7.90. The van der Waals surface area contributed by atoms with E-state index in [9.17, 15) is 4.79 Å². The summed E-state index contributed by atoms with van der Waals surface area (Å²) in [4.78, 5) is 16.0. The molecule has 0 radical (unpaired) electrons. The maximum Gasteiger partial charge on any atom is 0.408 e. The highest BCUT2D eigenvalue weighted by Gasteiger charge is 2.20. The molecule has 1 aliphatic rings. The molecule has 1 atom stereocenters. The fourth-order valence-electron chi connectivity index (χ4n) is 3.81. The standard InChI is InChI=1S/C29H33N5O3S/c1-21-18-24(15-14-22(21)10-8-17-31-28(35)37-29(2,3)4)36-20-26-32-33-27(38-25-12-6-5-7-13-25)34(26)23-11-9-16-30-19-23/h6,9,11-12,14-16,18-19,25H,5,7,13,17,20H2,1-4H3,(H,31,35). The molecule has 198 valence electrons. The monoisotopic (exact) mass is 531 g/mol. The van der Waals surface area contributed by atoms with Gasteiger partial charge >= 0.3 is 6.09 Å². The third-order valence-corrected chi connectivity index (χ3v) is 6.75. The SMILES string of the molecule is Cc1cc(OCc2nnc(SC3C=CCCC3)n2-c2cccnc2)ccc1C#CCNC(=O)OC(C)(C)C. The van der Waals surface area contributed by atoms with Gasteiger partial charge in [-0.3, -0.25) is 9.55 Å². The molecule has 0 aliphatic heterocycles. The summed E-state index contributed by atoms with van der Waals surface area (Å²) in [7, 11) is 0. The van der Waals surface area contributed by atoms with Gasteiger partial charge in [0.1, 0.15) is 18.0 Å². The van der Waals surface area contributed by atoms with Crippen LogP contribution in [-0.2, 0) is 11.3 Å². The minimum Gasteiger partial charge on any atom is -0.486 e. The zero-order chi connectivity index (χ0) is 27.0. The molecule has 1 amide bonds. The van der Waals surface area contributed by atoms with Crippen LogP contribution in [0.3, 0.4) is 0 Å². The Labute approximate surface area is 228 Å². The summed E-state index contributed by atoms with van der Waals surface area (Å²) in [5, 5.41) is 12.8. The number of thioether (sulfide) groups is 1. The van der Waals surface area contributed by atoms with E-state index in [4.69, 9.17) is 9.47 Å². The van der Waals surface area contributed by atoms with Gasteiger partial charge in [0.2, 0.25) is 0 Å². The van der Waals surface area contributed by atoms with E-state index < -0.39 is 11.7 Å². The number of aryl methyl sites for hydroxylation is 1. The minimum atomic E-state index is -0.539. The molecule has 3 aromatic rings. The van der Waals surface area contributed by atoms with Crippen molar-refractivity contribution >= 4 is 17.9 Å². The average molecular weight is 532 g/mol. The molecule has 9 heteroatoms. The van der Waals surface area contributed by atoms with Gasteiger partial charge in [0.05, 0.1) is 18.4 Å². The Balaban J connectivity index is 1.41. The number of nitrogens with one attached hydrogen (secondary N) is 1. The third-order valence-electron chi connectivity index (χ3n) is 5.58. The number of carbonyl (C=O) groups is 1. The molecule has 4 rings (SSSR count). The fourth-order valence-corrected chi connectivity index (χ4v) is 4.96. The first-order valence-electron chi connectivity index (χ1n) is 12.7. The summed E-state index contributed by atoms with van der Waals surface area (Å²) in [5.41, 5.74) is 2.20. The Morgan fingerprint density at radius 2 is 2.13 bits per heavy atom. The van der Waals surface area contributed by atoms with E-state index in [0.29, 0.717) is 16.8 Å². The number of aromatic nitrogens is 4. The van der Waals surface area contributed by atoms with Crippen molar-refractivity contribution in [2.75, 3.05) is 6.54 Å². The van der Waals surface area contributed by atoms with Crippen LogP contribution in [0.15, 0.2) is 60.0 Å². The fraction of sp³-hybridized carbons (Fsp3) is 0.379. The summed E-state index contributed by atoms with van der Waals surface area (Å²) in [5.74, 6) is 7.46. The first-order valence-corrected chi connectivity index (χ1v) is 13.5. The molecule has 1 aromatic carbocycles. The number of pyridine rings is 1. The first-order chi connectivity index (χ1) is 18.3. The smallest absolute Gasteiger partial charge is 0.408 e. The molecular weight excluding hydrogens is 498 g/mol. The molecule has 0 saturated heterocycles. The molecule has 38 heavy (non-hydrogen) atoms. The number of carbonyl (C=O) groups excluding carboxylic acids is 1. The normalized spacial score (nSPS) is 14.9. The van der Waals surface area contributed by atoms with Crippen molar-refractivity contribution in [2.24, 2.45) is 0 Å². The van der Waals surface area contributed by atoms with Gasteiger partial charge in [0.15, 0.2) is 11.0 Å². The predicted octanol–water partition coefficient (Wildman–Crippen LogP) is 5.63. The largest absolute Gasteiger partial charge is 0.486 e. The van der Waals surface area contributed by atoms with Crippen LogP contribution in [0.25, 0.3) is 5.69 Å². The lowest BCUT2D eigenvalue weighted by Gasteiger charge is -2.19. The van der Waals surface area contributed by atoms with Gasteiger partial charge < -0.3 is 14.8 Å². The van der Waals surface area contributed by atoms with E-state index in [-0.39, 0.29) is 13.2 Å². The molecule has 2 aromatic heterocycles. The first kappa shape index (κ1) is 27.3. The van der Waals surface area contributed by atoms with Crippen LogP contribution < -0.4 is 10.1 Å². The molecule has 1 unspecified atom stereocenters. The van der Waals surface area contributed by atoms with Crippen LogP contribution >= 0.6 is 11.8 Å². The molecule has 8 nitrogen and oxygen atoms in total. The number of rotatable bonds is 7. The van der Waals surface area contributed by atoms with Gasteiger partial charge in [-0.2, -0.15) is 0 Å². The third kappa shape index (κ3) is 7.86. The number of hydrogen-bond donors (Lipinski definition) is 1. The van der Waals surface area contributed by atoms with Crippen LogP contribution in [0.4, 0.5) is 4.79 Å². The van der Waals surface area contributed by atoms with E-state index in [2.05, 4.69) is 44.5 Å². The molecular formula is C29H33N5O3S. The predicted molar refractivity (Wildman–Crippen MR) is 148 cm³/mol. The highest BCUT2D eigenvalue weighted by Crippen LogP contribution is 2.31. The zero-order valence-electron chi connectivity index (χ0n) is 22.2. The van der Waals surface area contributed by atoms with Gasteiger partial charge in [-0.1, -0.05) is 35.8 Å². The van der Waals surface area contributed by atoms with E-state index in [0.717, 1.165) is 34.8 Å². The van der Waals surface area contributed by atoms with Crippen molar-refractivity contribution < 1.29 is 14.3 Å². The number of alkyl carbamates (subject to hydrolysis) is 1. The Kier molecular flexibility index (Phi) is 9.08. The van der Waals surface area contributed by atoms with Crippen molar-refractivity contribution in [1.82, 2.24) is 25.1 Å². The zero-order valence-corrected chi connectivity index (χ0v) is 23.0. The van der Waals surface area contributed by atoms with Crippen LogP contribution in [0, 0.1) is 18.8 Å². The quantitative estimate of drug-likeness (QED) is 0.312. The minimum absolute atomic E-state index is 0.202. The summed E-state index contributed by atoms with van der Waals surface area (Å²) in [6, 6.07) is 9.63. The topological polar surface area (TPSA) is 91.2 Å². The van der Waals surface area contributed by atoms with Crippen molar-refractivity contribution in [3.05, 3.63) is 71.8 Å². The molecule has 1 N–H and O–H groups in total. The van der Waals surface area contributed by atoms with Gasteiger partial charge in [-0.15, -0.1) is 10.2 Å². The molecule has 0 bridgehead atoms. The van der Waals surface area contributed by atoms with Crippen LogP contribution in [0.2, 0.25) is 0 Å². The Bertz CT molecular complexity index is 1340. The van der Waals surface area contributed by atoms with Gasteiger partial charge in [0, 0.05) is 17.0 Å². The molecule has 0 fully saturated rings. The van der Waals surface area contributed by atoms with E-state index >= 15 is 0 Å². The van der Waals surface area contributed by atoms with Gasteiger partial charge in [0.25, 0.3) is 0 Å². The van der Waals surface area contributed by atoms with E-state index in [1.54, 1.807) is 18.0 Å². The molecule has 0 saturated carbocycles. The number of ether oxygens (including phenoxy) is 2. The lowest BCUT2D eigenvalue weighted by atomic mass is 10.1. The Hall–Kier alpha value is -3.77. The number of hydrogen-bond acceptors (Lipinski definition) is 7. The maximum atomic E-state index is 11.7. The van der Waals surface area contributed by atoms with Crippen LogP contribution in [0.1, 0.15) is 57.0 Å². The maximum absolute atomic E-state index is 11.7. The van der Waals surface area contributed by atoms with E-state index in [1.165, 1.54) is 6.42 Å². The molecule has 0 spiro atoms. The van der Waals surface area contributed by atoms with Crippen molar-refractivity contribution in [1.29, 1.82) is 0 Å². The Morgan fingerprint density at radius 1 is 1.26 bits per heavy atom. The number of benzene rings is 1. The van der Waals surface area contributed by atoms with Crippen molar-refractivity contribution in [3.8, 4) is 23.3 Å². The second kappa shape index (κ2) is 12.7. The lowest BCUT2D eigenvalue weighted by Crippen LogP contribution is -2.32. The van der Waals surface area contributed by atoms with Crippen LogP contribution in [-0.4, -0.2) is 43.2 Å². The summed E-state index contributed by atoms with van der Waals surface area (Å²) in [6.07, 6.45) is 11.0. The van der Waals surface area contributed by atoms with Crippen molar-refractivity contribution in [2.45, 2.75) is 69.6 Å². The van der Waals surface area contributed by atoms with E-state index in [1.807, 2.05) is 68.8 Å². The van der Waals surface area contributed by atoms with Gasteiger partial charge in [-0.25, -0.2) is 4.79 Å². The Morgan fingerprint density at radius 3 is 2.84 bits per heavy atom. The second-order valence-electron chi connectivity index (χ2n) is 9.88.